The molecule has 0 spiro atoms. The molecule has 7 heteroatoms. The molecular formula is C20H20F6S. The van der Waals surface area contributed by atoms with Crippen molar-refractivity contribution in [3.8, 4) is 0 Å². The van der Waals surface area contributed by atoms with Crippen molar-refractivity contribution in [3.63, 3.8) is 0 Å². The maximum Gasteiger partial charge on any atom is 0.416 e. The van der Waals surface area contributed by atoms with Gasteiger partial charge in [-0.25, -0.2) is 0 Å². The van der Waals surface area contributed by atoms with Gasteiger partial charge in [-0.3, -0.25) is 0 Å². The van der Waals surface area contributed by atoms with Gasteiger partial charge in [0.25, 0.3) is 0 Å². The highest BCUT2D eigenvalue weighted by molar-refractivity contribution is 7.99. The first kappa shape index (κ1) is 21.7. The quantitative estimate of drug-likeness (QED) is 0.335. The van der Waals surface area contributed by atoms with E-state index in [0.29, 0.717) is 37.2 Å². The monoisotopic (exact) mass is 406 g/mol. The van der Waals surface area contributed by atoms with Crippen LogP contribution in [0.3, 0.4) is 0 Å². The average Bonchev–Trinajstić information content (AvgIpc) is 2.60. The van der Waals surface area contributed by atoms with Crippen LogP contribution in [0.1, 0.15) is 35.1 Å². The van der Waals surface area contributed by atoms with Gasteiger partial charge in [0, 0.05) is 0 Å². The van der Waals surface area contributed by atoms with Gasteiger partial charge in [-0.15, -0.1) is 0 Å². The van der Waals surface area contributed by atoms with Crippen LogP contribution in [0.5, 0.6) is 0 Å². The van der Waals surface area contributed by atoms with E-state index < -0.39 is 23.5 Å². The Kier molecular flexibility index (Phi) is 7.65. The lowest BCUT2D eigenvalue weighted by molar-refractivity contribution is -0.139. The fourth-order valence-electron chi connectivity index (χ4n) is 2.86. The van der Waals surface area contributed by atoms with Crippen molar-refractivity contribution in [2.45, 2.75) is 38.0 Å². The molecule has 2 aromatic rings. The summed E-state index contributed by atoms with van der Waals surface area (Å²) in [5, 5.41) is 0. The van der Waals surface area contributed by atoms with Crippen LogP contribution in [0.4, 0.5) is 26.3 Å². The summed E-state index contributed by atoms with van der Waals surface area (Å²) in [7, 11) is 0. The van der Waals surface area contributed by atoms with Crippen molar-refractivity contribution in [2.75, 3.05) is 11.5 Å². The Bertz CT molecular complexity index is 659. The number of benzene rings is 2. The third kappa shape index (κ3) is 6.79. The van der Waals surface area contributed by atoms with Crippen LogP contribution in [0.15, 0.2) is 48.5 Å². The third-order valence-electron chi connectivity index (χ3n) is 4.12. The molecule has 0 radical (unpaired) electrons. The van der Waals surface area contributed by atoms with Gasteiger partial charge in [-0.2, -0.15) is 38.1 Å². The van der Waals surface area contributed by atoms with Gasteiger partial charge in [0.1, 0.15) is 0 Å². The van der Waals surface area contributed by atoms with Crippen molar-refractivity contribution in [3.05, 3.63) is 70.8 Å². The molecule has 0 N–H and O–H groups in total. The highest BCUT2D eigenvalue weighted by Crippen LogP contribution is 2.33. The van der Waals surface area contributed by atoms with Gasteiger partial charge in [0.2, 0.25) is 0 Å². The van der Waals surface area contributed by atoms with Crippen molar-refractivity contribution in [2.24, 2.45) is 0 Å². The Labute approximate surface area is 159 Å². The molecular weight excluding hydrogens is 386 g/mol. The molecule has 0 atom stereocenters. The molecule has 0 amide bonds. The highest BCUT2D eigenvalue weighted by atomic mass is 32.2. The minimum absolute atomic E-state index is 0.282. The van der Waals surface area contributed by atoms with Crippen LogP contribution in [-0.2, 0) is 25.2 Å². The number of hydrogen-bond acceptors (Lipinski definition) is 1. The molecule has 0 aliphatic heterocycles. The van der Waals surface area contributed by atoms with E-state index in [0.717, 1.165) is 12.1 Å². The molecule has 0 aliphatic rings. The summed E-state index contributed by atoms with van der Waals surface area (Å²) in [4.78, 5) is 0. The topological polar surface area (TPSA) is 0 Å². The Morgan fingerprint density at radius 2 is 0.963 bits per heavy atom. The maximum atomic E-state index is 12.9. The molecule has 0 bridgehead atoms. The first-order valence-corrected chi connectivity index (χ1v) is 9.73. The lowest BCUT2D eigenvalue weighted by Gasteiger charge is -2.13. The smallest absolute Gasteiger partial charge is 0.166 e. The minimum Gasteiger partial charge on any atom is -0.166 e. The highest BCUT2D eigenvalue weighted by Gasteiger charge is 2.33. The van der Waals surface area contributed by atoms with E-state index in [-0.39, 0.29) is 11.1 Å². The molecule has 0 fully saturated rings. The second-order valence-electron chi connectivity index (χ2n) is 6.13. The van der Waals surface area contributed by atoms with Crippen LogP contribution in [0, 0.1) is 0 Å². The molecule has 0 unspecified atom stereocenters. The van der Waals surface area contributed by atoms with Gasteiger partial charge in [0.15, 0.2) is 0 Å². The SMILES string of the molecule is FC(F)(F)c1ccccc1CCCSCCCc1ccccc1C(F)(F)F. The number of hydrogen-bond donors (Lipinski definition) is 0. The van der Waals surface area contributed by atoms with Gasteiger partial charge >= 0.3 is 12.4 Å². The van der Waals surface area contributed by atoms with E-state index in [1.807, 2.05) is 0 Å². The fraction of sp³-hybridized carbons (Fsp3) is 0.400. The standard InChI is InChI=1S/C20H20F6S/c21-19(22,23)17-11-3-1-7-15(17)9-5-13-27-14-6-10-16-8-2-4-12-18(16)20(24,25)26/h1-4,7-8,11-12H,5-6,9-10,13-14H2. The Balaban J connectivity index is 1.73. The molecule has 27 heavy (non-hydrogen) atoms. The summed E-state index contributed by atoms with van der Waals surface area (Å²) in [6, 6.07) is 11.1. The summed E-state index contributed by atoms with van der Waals surface area (Å²) >= 11 is 1.56. The van der Waals surface area contributed by atoms with Gasteiger partial charge in [-0.1, -0.05) is 36.4 Å². The molecule has 0 saturated carbocycles. The molecule has 0 aliphatic carbocycles. The largest absolute Gasteiger partial charge is 0.416 e. The van der Waals surface area contributed by atoms with Crippen LogP contribution >= 0.6 is 11.8 Å². The normalized spacial score (nSPS) is 12.4. The van der Waals surface area contributed by atoms with Crippen molar-refractivity contribution in [1.82, 2.24) is 0 Å². The lowest BCUT2D eigenvalue weighted by Crippen LogP contribution is -2.09. The van der Waals surface area contributed by atoms with E-state index in [9.17, 15) is 26.3 Å². The fourth-order valence-corrected chi connectivity index (χ4v) is 3.76. The van der Waals surface area contributed by atoms with Gasteiger partial charge < -0.3 is 0 Å². The molecule has 0 heterocycles. The van der Waals surface area contributed by atoms with E-state index in [4.69, 9.17) is 0 Å². The third-order valence-corrected chi connectivity index (χ3v) is 5.27. The zero-order valence-corrected chi connectivity index (χ0v) is 15.4. The van der Waals surface area contributed by atoms with Crippen LogP contribution < -0.4 is 0 Å². The van der Waals surface area contributed by atoms with Crippen LogP contribution in [0.2, 0.25) is 0 Å². The summed E-state index contributed by atoms with van der Waals surface area (Å²) in [6.45, 7) is 0. The van der Waals surface area contributed by atoms with E-state index in [2.05, 4.69) is 0 Å². The lowest BCUT2D eigenvalue weighted by atomic mass is 10.0. The van der Waals surface area contributed by atoms with Gasteiger partial charge in [0.05, 0.1) is 11.1 Å². The number of thioether (sulfide) groups is 1. The zero-order chi connectivity index (χ0) is 19.9. The van der Waals surface area contributed by atoms with Crippen LogP contribution in [0.25, 0.3) is 0 Å². The average molecular weight is 406 g/mol. The first-order chi connectivity index (χ1) is 12.7. The van der Waals surface area contributed by atoms with E-state index in [1.165, 1.54) is 24.3 Å². The molecule has 148 valence electrons. The van der Waals surface area contributed by atoms with E-state index in [1.54, 1.807) is 23.9 Å². The van der Waals surface area contributed by atoms with Crippen molar-refractivity contribution < 1.29 is 26.3 Å². The minimum atomic E-state index is -4.35. The second kappa shape index (κ2) is 9.53. The summed E-state index contributed by atoms with van der Waals surface area (Å²) in [5.74, 6) is 1.35. The van der Waals surface area contributed by atoms with Crippen LogP contribution in [-0.4, -0.2) is 11.5 Å². The van der Waals surface area contributed by atoms with E-state index >= 15 is 0 Å². The second-order valence-corrected chi connectivity index (χ2v) is 7.35. The Morgan fingerprint density at radius 1 is 0.593 bits per heavy atom. The van der Waals surface area contributed by atoms with Gasteiger partial charge in [-0.05, 0) is 60.4 Å². The maximum absolute atomic E-state index is 12.9. The number of alkyl halides is 6. The predicted molar refractivity (Wildman–Crippen MR) is 96.9 cm³/mol. The molecule has 0 saturated heterocycles. The van der Waals surface area contributed by atoms with Crippen molar-refractivity contribution >= 4 is 11.8 Å². The van der Waals surface area contributed by atoms with Crippen molar-refractivity contribution in [1.29, 1.82) is 0 Å². The number of halogens is 6. The number of rotatable bonds is 8. The number of aryl methyl sites for hydroxylation is 2. The Morgan fingerprint density at radius 3 is 1.33 bits per heavy atom. The first-order valence-electron chi connectivity index (χ1n) is 8.57. The summed E-state index contributed by atoms with van der Waals surface area (Å²) in [6.07, 6.45) is -6.85. The predicted octanol–water partition coefficient (Wildman–Crippen LogP) is 7.02. The molecule has 2 aromatic carbocycles. The summed E-state index contributed by atoms with van der Waals surface area (Å²) in [5.41, 5.74) is -0.632. The Hall–Kier alpha value is -1.63. The zero-order valence-electron chi connectivity index (χ0n) is 14.5. The summed E-state index contributed by atoms with van der Waals surface area (Å²) < 4.78 is 77.5. The molecule has 2 rings (SSSR count). The molecule has 0 nitrogen and oxygen atoms in total. The molecule has 0 aromatic heterocycles.